The molecule has 27 heavy (non-hydrogen) atoms. The highest BCUT2D eigenvalue weighted by molar-refractivity contribution is 6.15. The van der Waals surface area contributed by atoms with E-state index in [0.29, 0.717) is 0 Å². The highest BCUT2D eigenvalue weighted by Gasteiger charge is 2.18. The summed E-state index contributed by atoms with van der Waals surface area (Å²) in [5.74, 6) is 0.252. The topological polar surface area (TPSA) is 46.0 Å². The van der Waals surface area contributed by atoms with Crippen molar-refractivity contribution in [3.63, 3.8) is 0 Å². The zero-order valence-corrected chi connectivity index (χ0v) is 15.2. The van der Waals surface area contributed by atoms with Gasteiger partial charge in [0.05, 0.1) is 22.1 Å². The van der Waals surface area contributed by atoms with Crippen LogP contribution in [0.4, 0.5) is 0 Å². The summed E-state index contributed by atoms with van der Waals surface area (Å²) in [5, 5.41) is 12.8. The Balaban J connectivity index is 2.04. The molecule has 1 aromatic heterocycles. The van der Waals surface area contributed by atoms with Crippen LogP contribution in [0, 0.1) is 13.8 Å². The second-order valence-electron chi connectivity index (χ2n) is 6.98. The molecule has 0 aliphatic carbocycles. The summed E-state index contributed by atoms with van der Waals surface area (Å²) in [7, 11) is 0. The number of nitrogens with zero attached hydrogens (tertiary/aromatic N) is 2. The number of aromatic nitrogens is 2. The van der Waals surface area contributed by atoms with Crippen molar-refractivity contribution in [3.8, 4) is 16.9 Å². The van der Waals surface area contributed by atoms with Crippen LogP contribution in [0.25, 0.3) is 44.0 Å². The van der Waals surface area contributed by atoms with Gasteiger partial charge in [0.25, 0.3) is 0 Å². The summed E-state index contributed by atoms with van der Waals surface area (Å²) in [6, 6.07) is 21.9. The molecule has 0 radical (unpaired) electrons. The molecule has 0 atom stereocenters. The van der Waals surface area contributed by atoms with Crippen LogP contribution in [0.1, 0.15) is 11.1 Å². The lowest BCUT2D eigenvalue weighted by atomic mass is 9.96. The number of hydrogen-bond donors (Lipinski definition) is 1. The zero-order valence-electron chi connectivity index (χ0n) is 15.2. The van der Waals surface area contributed by atoms with Gasteiger partial charge in [-0.3, -0.25) is 0 Å². The summed E-state index contributed by atoms with van der Waals surface area (Å²) in [4.78, 5) is 9.91. The third kappa shape index (κ3) is 2.36. The fourth-order valence-electron chi connectivity index (χ4n) is 3.69. The minimum Gasteiger partial charge on any atom is -0.507 e. The van der Waals surface area contributed by atoms with Crippen LogP contribution in [-0.4, -0.2) is 15.1 Å². The van der Waals surface area contributed by atoms with E-state index in [0.717, 1.165) is 44.0 Å². The second-order valence-corrected chi connectivity index (χ2v) is 6.98. The molecule has 0 aliphatic heterocycles. The van der Waals surface area contributed by atoms with Gasteiger partial charge in [-0.2, -0.15) is 0 Å². The number of rotatable bonds is 1. The van der Waals surface area contributed by atoms with Gasteiger partial charge < -0.3 is 5.11 Å². The van der Waals surface area contributed by atoms with Gasteiger partial charge in [-0.25, -0.2) is 9.97 Å². The molecule has 0 spiro atoms. The van der Waals surface area contributed by atoms with Gasteiger partial charge in [-0.1, -0.05) is 54.6 Å². The van der Waals surface area contributed by atoms with Gasteiger partial charge in [0.1, 0.15) is 11.3 Å². The fourth-order valence-corrected chi connectivity index (χ4v) is 3.69. The maximum absolute atomic E-state index is 11.1. The monoisotopic (exact) mass is 350 g/mol. The molecule has 0 aliphatic rings. The average molecular weight is 350 g/mol. The minimum absolute atomic E-state index is 0.252. The van der Waals surface area contributed by atoms with Crippen LogP contribution in [-0.2, 0) is 0 Å². The molecule has 5 aromatic rings. The van der Waals surface area contributed by atoms with Crippen LogP contribution in [0.3, 0.4) is 0 Å². The normalized spacial score (nSPS) is 11.5. The lowest BCUT2D eigenvalue weighted by Gasteiger charge is -2.14. The maximum atomic E-state index is 11.1. The first-order valence-electron chi connectivity index (χ1n) is 9.01. The van der Waals surface area contributed by atoms with E-state index < -0.39 is 0 Å². The molecule has 130 valence electrons. The van der Waals surface area contributed by atoms with Crippen LogP contribution in [0.5, 0.6) is 5.75 Å². The molecule has 0 saturated carbocycles. The third-order valence-corrected chi connectivity index (χ3v) is 5.25. The first-order valence-corrected chi connectivity index (χ1v) is 9.01. The van der Waals surface area contributed by atoms with E-state index in [9.17, 15) is 5.11 Å². The Labute approximate surface area is 156 Å². The van der Waals surface area contributed by atoms with Crippen LogP contribution < -0.4 is 0 Å². The minimum atomic E-state index is 0.252. The first-order chi connectivity index (χ1) is 13.1. The van der Waals surface area contributed by atoms with E-state index in [2.05, 4.69) is 26.0 Å². The fraction of sp³-hybridized carbons (Fsp3) is 0.0833. The molecule has 1 heterocycles. The first kappa shape index (κ1) is 15.8. The van der Waals surface area contributed by atoms with Gasteiger partial charge in [0, 0.05) is 10.8 Å². The summed E-state index contributed by atoms with van der Waals surface area (Å²) in [6.07, 6.45) is 0. The van der Waals surface area contributed by atoms with Crippen LogP contribution in [0.15, 0.2) is 66.7 Å². The van der Waals surface area contributed by atoms with Crippen LogP contribution >= 0.6 is 0 Å². The summed E-state index contributed by atoms with van der Waals surface area (Å²) in [5.41, 5.74) is 7.31. The molecule has 1 N–H and O–H groups in total. The SMILES string of the molecule is Cc1cc2nc3c(-c4ccccc4)c(O)c4ccccc4c3nc2cc1C. The Kier molecular flexibility index (Phi) is 3.37. The summed E-state index contributed by atoms with van der Waals surface area (Å²) in [6.45, 7) is 4.17. The van der Waals surface area contributed by atoms with Crippen molar-refractivity contribution in [2.45, 2.75) is 13.8 Å². The van der Waals surface area contributed by atoms with Crippen LogP contribution in [0.2, 0.25) is 0 Å². The van der Waals surface area contributed by atoms with Gasteiger partial charge in [0.15, 0.2) is 0 Å². The molecule has 3 nitrogen and oxygen atoms in total. The van der Waals surface area contributed by atoms with E-state index in [1.54, 1.807) is 0 Å². The van der Waals surface area contributed by atoms with E-state index in [4.69, 9.17) is 9.97 Å². The Morgan fingerprint density at radius 3 is 1.89 bits per heavy atom. The lowest BCUT2D eigenvalue weighted by Crippen LogP contribution is -1.95. The number of fused-ring (bicyclic) bond motifs is 4. The Morgan fingerprint density at radius 2 is 1.22 bits per heavy atom. The number of hydrogen-bond acceptors (Lipinski definition) is 3. The Bertz CT molecular complexity index is 1340. The van der Waals surface area contributed by atoms with Crippen molar-refractivity contribution in [2.75, 3.05) is 0 Å². The van der Waals surface area contributed by atoms with Crippen molar-refractivity contribution < 1.29 is 5.11 Å². The smallest absolute Gasteiger partial charge is 0.133 e. The van der Waals surface area contributed by atoms with Gasteiger partial charge in [0.2, 0.25) is 0 Å². The average Bonchev–Trinajstić information content (AvgIpc) is 2.69. The molecular weight excluding hydrogens is 332 g/mol. The standard InChI is InChI=1S/C24H18N2O/c1-14-12-19-20(13-15(14)2)26-23-21(16-8-4-3-5-9-16)24(27)18-11-7-6-10-17(18)22(23)25-19/h3-13,27H,1-2H3. The molecule has 5 rings (SSSR count). The Morgan fingerprint density at radius 1 is 0.667 bits per heavy atom. The van der Waals surface area contributed by atoms with Crippen molar-refractivity contribution >= 4 is 32.8 Å². The number of aryl methyl sites for hydroxylation is 2. The van der Waals surface area contributed by atoms with E-state index >= 15 is 0 Å². The summed E-state index contributed by atoms with van der Waals surface area (Å²) < 4.78 is 0. The maximum Gasteiger partial charge on any atom is 0.133 e. The predicted octanol–water partition coefficient (Wildman–Crippen LogP) is 5.93. The lowest BCUT2D eigenvalue weighted by molar-refractivity contribution is 0.484. The van der Waals surface area contributed by atoms with Gasteiger partial charge in [-0.15, -0.1) is 0 Å². The third-order valence-electron chi connectivity index (χ3n) is 5.25. The van der Waals surface area contributed by atoms with Crippen molar-refractivity contribution in [2.24, 2.45) is 0 Å². The van der Waals surface area contributed by atoms with E-state index in [1.165, 1.54) is 11.1 Å². The van der Waals surface area contributed by atoms with Crippen molar-refractivity contribution in [1.29, 1.82) is 0 Å². The molecule has 0 unspecified atom stereocenters. The molecule has 3 heteroatoms. The van der Waals surface area contributed by atoms with E-state index in [1.807, 2.05) is 54.6 Å². The number of phenols is 1. The molecular formula is C24H18N2O. The highest BCUT2D eigenvalue weighted by atomic mass is 16.3. The Hall–Kier alpha value is -3.46. The van der Waals surface area contributed by atoms with Gasteiger partial charge in [-0.05, 0) is 42.7 Å². The number of aromatic hydroxyl groups is 1. The largest absolute Gasteiger partial charge is 0.507 e. The highest BCUT2D eigenvalue weighted by Crippen LogP contribution is 2.42. The second kappa shape index (κ2) is 5.78. The predicted molar refractivity (Wildman–Crippen MR) is 111 cm³/mol. The molecule has 4 aromatic carbocycles. The zero-order chi connectivity index (χ0) is 18.5. The summed E-state index contributed by atoms with van der Waals surface area (Å²) >= 11 is 0. The number of benzene rings is 4. The molecule has 0 saturated heterocycles. The van der Waals surface area contributed by atoms with Gasteiger partial charge >= 0.3 is 0 Å². The number of phenolic OH excluding ortho intramolecular Hbond substituents is 1. The van der Waals surface area contributed by atoms with Crippen molar-refractivity contribution in [1.82, 2.24) is 9.97 Å². The molecule has 0 amide bonds. The molecule has 0 bridgehead atoms. The molecule has 0 fully saturated rings. The van der Waals surface area contributed by atoms with Crippen molar-refractivity contribution in [3.05, 3.63) is 77.9 Å². The quantitative estimate of drug-likeness (QED) is 0.301. The van der Waals surface area contributed by atoms with E-state index in [-0.39, 0.29) is 5.75 Å².